The maximum Gasteiger partial charge on any atom is 0.0594 e. The molecule has 1 heterocycles. The van der Waals surface area contributed by atoms with Crippen molar-refractivity contribution in [3.63, 3.8) is 0 Å². The smallest absolute Gasteiger partial charge is 0.0594 e. The minimum atomic E-state index is 0.332. The van der Waals surface area contributed by atoms with Gasteiger partial charge < -0.3 is 10.5 Å². The average molecular weight is 234 g/mol. The Morgan fingerprint density at radius 1 is 1.24 bits per heavy atom. The zero-order valence-corrected chi connectivity index (χ0v) is 10.8. The number of benzene rings is 1. The predicted molar refractivity (Wildman–Crippen MR) is 70.1 cm³/mol. The van der Waals surface area contributed by atoms with Crippen molar-refractivity contribution in [1.82, 2.24) is 4.90 Å². The van der Waals surface area contributed by atoms with Gasteiger partial charge in [-0.1, -0.05) is 18.2 Å². The molecule has 1 saturated heterocycles. The number of rotatable bonds is 3. The highest BCUT2D eigenvalue weighted by Gasteiger charge is 2.21. The summed E-state index contributed by atoms with van der Waals surface area (Å²) < 4.78 is 5.39. The standard InChI is InChI=1S/C14H22N2O/c1-11-3-4-13(9-12(11)2)14(10-15)16-5-7-17-8-6-16/h3-4,9,14H,5-8,10,15H2,1-2H3. The van der Waals surface area contributed by atoms with E-state index in [0.29, 0.717) is 12.6 Å². The van der Waals surface area contributed by atoms with Crippen LogP contribution in [-0.2, 0) is 4.74 Å². The number of nitrogens with two attached hydrogens (primary N) is 1. The molecular formula is C14H22N2O. The van der Waals surface area contributed by atoms with Gasteiger partial charge in [-0.2, -0.15) is 0 Å². The summed E-state index contributed by atoms with van der Waals surface area (Å²) in [5.74, 6) is 0. The van der Waals surface area contributed by atoms with Gasteiger partial charge in [-0.3, -0.25) is 4.90 Å². The number of morpholine rings is 1. The van der Waals surface area contributed by atoms with Gasteiger partial charge in [0.05, 0.1) is 13.2 Å². The third-order valence-electron chi connectivity index (χ3n) is 3.63. The third-order valence-corrected chi connectivity index (χ3v) is 3.63. The zero-order chi connectivity index (χ0) is 12.3. The van der Waals surface area contributed by atoms with Crippen LogP contribution in [0.25, 0.3) is 0 Å². The Morgan fingerprint density at radius 2 is 1.94 bits per heavy atom. The van der Waals surface area contributed by atoms with Crippen LogP contribution in [0, 0.1) is 13.8 Å². The van der Waals surface area contributed by atoms with Crippen molar-refractivity contribution in [2.24, 2.45) is 5.73 Å². The summed E-state index contributed by atoms with van der Waals surface area (Å²) in [4.78, 5) is 2.42. The molecule has 1 aromatic rings. The van der Waals surface area contributed by atoms with Gasteiger partial charge in [0.2, 0.25) is 0 Å². The van der Waals surface area contributed by atoms with Crippen LogP contribution in [0.4, 0.5) is 0 Å². The molecule has 2 rings (SSSR count). The highest BCUT2D eigenvalue weighted by Crippen LogP contribution is 2.22. The summed E-state index contributed by atoms with van der Waals surface area (Å²) >= 11 is 0. The Hall–Kier alpha value is -0.900. The lowest BCUT2D eigenvalue weighted by Crippen LogP contribution is -2.41. The molecular weight excluding hydrogens is 212 g/mol. The maximum atomic E-state index is 5.94. The summed E-state index contributed by atoms with van der Waals surface area (Å²) in [5.41, 5.74) is 9.95. The predicted octanol–water partition coefficient (Wildman–Crippen LogP) is 1.64. The summed E-state index contributed by atoms with van der Waals surface area (Å²) in [7, 11) is 0. The van der Waals surface area contributed by atoms with Gasteiger partial charge >= 0.3 is 0 Å². The lowest BCUT2D eigenvalue weighted by atomic mass is 10.00. The van der Waals surface area contributed by atoms with E-state index in [4.69, 9.17) is 10.5 Å². The van der Waals surface area contributed by atoms with Crippen molar-refractivity contribution < 1.29 is 4.74 Å². The lowest BCUT2D eigenvalue weighted by Gasteiger charge is -2.34. The van der Waals surface area contributed by atoms with Gasteiger partial charge in [-0.05, 0) is 30.5 Å². The highest BCUT2D eigenvalue weighted by molar-refractivity contribution is 5.32. The Balaban J connectivity index is 2.18. The van der Waals surface area contributed by atoms with Gasteiger partial charge in [-0.15, -0.1) is 0 Å². The molecule has 3 nitrogen and oxygen atoms in total. The van der Waals surface area contributed by atoms with E-state index in [0.717, 1.165) is 26.3 Å². The van der Waals surface area contributed by atoms with Crippen LogP contribution in [0.15, 0.2) is 18.2 Å². The summed E-state index contributed by atoms with van der Waals surface area (Å²) in [6.07, 6.45) is 0. The normalized spacial score (nSPS) is 19.2. The zero-order valence-electron chi connectivity index (χ0n) is 10.8. The fraction of sp³-hybridized carbons (Fsp3) is 0.571. The molecule has 1 aliphatic heterocycles. The quantitative estimate of drug-likeness (QED) is 0.864. The average Bonchev–Trinajstić information content (AvgIpc) is 2.36. The van der Waals surface area contributed by atoms with Gasteiger partial charge in [-0.25, -0.2) is 0 Å². The Labute approximate surface area is 104 Å². The van der Waals surface area contributed by atoms with Crippen molar-refractivity contribution >= 4 is 0 Å². The molecule has 2 N–H and O–H groups in total. The minimum absolute atomic E-state index is 0.332. The molecule has 0 saturated carbocycles. The summed E-state index contributed by atoms with van der Waals surface area (Å²) in [6, 6.07) is 6.99. The second-order valence-corrected chi connectivity index (χ2v) is 4.74. The molecule has 0 aliphatic carbocycles. The van der Waals surface area contributed by atoms with E-state index < -0.39 is 0 Å². The van der Waals surface area contributed by atoms with Crippen molar-refractivity contribution in [3.05, 3.63) is 34.9 Å². The van der Waals surface area contributed by atoms with Gasteiger partial charge in [0.25, 0.3) is 0 Å². The molecule has 0 amide bonds. The number of nitrogens with zero attached hydrogens (tertiary/aromatic N) is 1. The van der Waals surface area contributed by atoms with E-state index in [1.165, 1.54) is 16.7 Å². The van der Waals surface area contributed by atoms with Crippen LogP contribution in [0.5, 0.6) is 0 Å². The van der Waals surface area contributed by atoms with Crippen molar-refractivity contribution in [3.8, 4) is 0 Å². The van der Waals surface area contributed by atoms with E-state index in [1.54, 1.807) is 0 Å². The lowest BCUT2D eigenvalue weighted by molar-refractivity contribution is 0.0179. The second-order valence-electron chi connectivity index (χ2n) is 4.74. The second kappa shape index (κ2) is 5.63. The van der Waals surface area contributed by atoms with Crippen LogP contribution >= 0.6 is 0 Å². The third kappa shape index (κ3) is 2.86. The molecule has 1 atom stereocenters. The first-order valence-electron chi connectivity index (χ1n) is 6.31. The number of hydrogen-bond donors (Lipinski definition) is 1. The fourth-order valence-corrected chi connectivity index (χ4v) is 2.36. The fourth-order valence-electron chi connectivity index (χ4n) is 2.36. The molecule has 0 spiro atoms. The van der Waals surface area contributed by atoms with Crippen LogP contribution in [0.3, 0.4) is 0 Å². The molecule has 17 heavy (non-hydrogen) atoms. The first kappa shape index (κ1) is 12.6. The Kier molecular flexibility index (Phi) is 4.15. The van der Waals surface area contributed by atoms with Crippen LogP contribution in [-0.4, -0.2) is 37.7 Å². The van der Waals surface area contributed by atoms with E-state index in [-0.39, 0.29) is 0 Å². The first-order chi connectivity index (χ1) is 8.22. The summed E-state index contributed by atoms with van der Waals surface area (Å²) in [6.45, 7) is 8.58. The summed E-state index contributed by atoms with van der Waals surface area (Å²) in [5, 5.41) is 0. The molecule has 1 aromatic carbocycles. The minimum Gasteiger partial charge on any atom is -0.379 e. The molecule has 1 unspecified atom stereocenters. The first-order valence-corrected chi connectivity index (χ1v) is 6.31. The van der Waals surface area contributed by atoms with E-state index in [9.17, 15) is 0 Å². The Morgan fingerprint density at radius 3 is 2.53 bits per heavy atom. The van der Waals surface area contributed by atoms with E-state index in [1.807, 2.05) is 0 Å². The van der Waals surface area contributed by atoms with E-state index >= 15 is 0 Å². The molecule has 3 heteroatoms. The van der Waals surface area contributed by atoms with Crippen molar-refractivity contribution in [2.75, 3.05) is 32.8 Å². The molecule has 1 aliphatic rings. The van der Waals surface area contributed by atoms with Crippen LogP contribution < -0.4 is 5.73 Å². The topological polar surface area (TPSA) is 38.5 Å². The number of ether oxygens (including phenoxy) is 1. The molecule has 94 valence electrons. The van der Waals surface area contributed by atoms with E-state index in [2.05, 4.69) is 36.9 Å². The molecule has 0 radical (unpaired) electrons. The Bertz CT molecular complexity index is 372. The van der Waals surface area contributed by atoms with Crippen LogP contribution in [0.1, 0.15) is 22.7 Å². The van der Waals surface area contributed by atoms with Crippen molar-refractivity contribution in [2.45, 2.75) is 19.9 Å². The monoisotopic (exact) mass is 234 g/mol. The number of aryl methyl sites for hydroxylation is 2. The van der Waals surface area contributed by atoms with Gasteiger partial charge in [0.15, 0.2) is 0 Å². The number of hydrogen-bond acceptors (Lipinski definition) is 3. The van der Waals surface area contributed by atoms with Crippen molar-refractivity contribution in [1.29, 1.82) is 0 Å². The van der Waals surface area contributed by atoms with Gasteiger partial charge in [0, 0.05) is 25.7 Å². The largest absolute Gasteiger partial charge is 0.379 e. The maximum absolute atomic E-state index is 5.94. The highest BCUT2D eigenvalue weighted by atomic mass is 16.5. The molecule has 0 bridgehead atoms. The van der Waals surface area contributed by atoms with Crippen LogP contribution in [0.2, 0.25) is 0 Å². The molecule has 1 fully saturated rings. The molecule has 0 aromatic heterocycles. The SMILES string of the molecule is Cc1ccc(C(CN)N2CCOCC2)cc1C. The van der Waals surface area contributed by atoms with Gasteiger partial charge in [0.1, 0.15) is 0 Å².